The fraction of sp³-hybridized carbons (Fsp3) is 0.462. The number of nitrogens with two attached hydrogens (primary N) is 1. The van der Waals surface area contributed by atoms with Gasteiger partial charge in [0.05, 0.1) is 4.90 Å². The molecule has 1 amide bonds. The molecule has 0 aliphatic heterocycles. The van der Waals surface area contributed by atoms with Crippen molar-refractivity contribution in [1.29, 1.82) is 0 Å². The Morgan fingerprint density at radius 3 is 2.19 bits per heavy atom. The van der Waals surface area contributed by atoms with E-state index in [4.69, 9.17) is 5.14 Å². The molecule has 5 nitrogen and oxygen atoms in total. The number of amides is 1. The lowest BCUT2D eigenvalue weighted by molar-refractivity contribution is -0.118. The number of hydrogen-bond acceptors (Lipinski definition) is 3. The van der Waals surface area contributed by atoms with Crippen LogP contribution in [0.5, 0.6) is 0 Å². The quantitative estimate of drug-likeness (QED) is 0.887. The first kappa shape index (κ1) is 14.4. The van der Waals surface area contributed by atoms with Crippen molar-refractivity contribution in [3.8, 4) is 0 Å². The highest BCUT2D eigenvalue weighted by Crippen LogP contribution is 2.57. The Hall–Kier alpha value is -1.54. The van der Waals surface area contributed by atoms with E-state index in [1.54, 1.807) is 0 Å². The smallest absolute Gasteiger partial charge is 0.238 e. The third kappa shape index (κ3) is 2.53. The normalized spacial score (nSPS) is 27.3. The van der Waals surface area contributed by atoms with E-state index in [0.717, 1.165) is 19.3 Å². The van der Waals surface area contributed by atoms with Crippen LogP contribution in [-0.2, 0) is 14.8 Å². The first-order chi connectivity index (χ1) is 9.79. The van der Waals surface area contributed by atoms with Gasteiger partial charge >= 0.3 is 0 Å². The van der Waals surface area contributed by atoms with E-state index in [2.05, 4.69) is 5.32 Å². The van der Waals surface area contributed by atoms with Gasteiger partial charge in [-0.3, -0.25) is 4.79 Å². The lowest BCUT2D eigenvalue weighted by atomic mass is 10.1. The minimum absolute atomic E-state index is 0.185. The van der Waals surface area contributed by atoms with E-state index in [1.807, 2.05) is 0 Å². The molecule has 21 heavy (non-hydrogen) atoms. The lowest BCUT2D eigenvalue weighted by Crippen LogP contribution is -2.19. The minimum atomic E-state index is -4.20. The Labute approximate surface area is 120 Å². The highest BCUT2D eigenvalue weighted by atomic mass is 32.2. The Kier molecular flexibility index (Phi) is 3.25. The molecular formula is C13H14F2N2O3S. The average molecular weight is 316 g/mol. The Morgan fingerprint density at radius 1 is 1.19 bits per heavy atom. The van der Waals surface area contributed by atoms with Gasteiger partial charge in [-0.25, -0.2) is 22.3 Å². The minimum Gasteiger partial charge on any atom is -0.321 e. The summed E-state index contributed by atoms with van der Waals surface area (Å²) < 4.78 is 49.8. The highest BCUT2D eigenvalue weighted by Gasteiger charge is 2.56. The molecule has 0 spiro atoms. The zero-order chi connectivity index (χ0) is 15.4. The number of carbonyl (C=O) groups excluding carboxylic acids is 1. The molecule has 1 aromatic rings. The molecule has 0 radical (unpaired) electrons. The van der Waals surface area contributed by atoms with Gasteiger partial charge in [-0.1, -0.05) is 6.42 Å². The number of carbonyl (C=O) groups is 1. The number of primary sulfonamides is 1. The second kappa shape index (κ2) is 4.74. The summed E-state index contributed by atoms with van der Waals surface area (Å²) in [5.41, 5.74) is -0.627. The maximum absolute atomic E-state index is 13.8. The van der Waals surface area contributed by atoms with Crippen LogP contribution in [0.15, 0.2) is 17.0 Å². The van der Waals surface area contributed by atoms with Crippen molar-refractivity contribution in [2.75, 3.05) is 5.32 Å². The van der Waals surface area contributed by atoms with Crippen LogP contribution >= 0.6 is 0 Å². The molecule has 2 fully saturated rings. The van der Waals surface area contributed by atoms with E-state index in [0.29, 0.717) is 24.0 Å². The zero-order valence-corrected chi connectivity index (χ0v) is 11.8. The van der Waals surface area contributed by atoms with Crippen molar-refractivity contribution in [1.82, 2.24) is 0 Å². The first-order valence-electron chi connectivity index (χ1n) is 6.62. The van der Waals surface area contributed by atoms with Crippen molar-refractivity contribution < 1.29 is 22.0 Å². The number of rotatable bonds is 3. The summed E-state index contributed by atoms with van der Waals surface area (Å²) in [4.78, 5) is 11.3. The number of hydrogen-bond donors (Lipinski definition) is 2. The maximum Gasteiger partial charge on any atom is 0.238 e. The van der Waals surface area contributed by atoms with Crippen molar-refractivity contribution in [3.63, 3.8) is 0 Å². The van der Waals surface area contributed by atoms with Crippen LogP contribution in [0.3, 0.4) is 0 Å². The number of anilines is 1. The molecule has 0 aromatic heterocycles. The molecule has 0 bridgehead atoms. The van der Waals surface area contributed by atoms with Gasteiger partial charge in [0.2, 0.25) is 15.9 Å². The summed E-state index contributed by atoms with van der Waals surface area (Å²) in [6.45, 7) is 0. The van der Waals surface area contributed by atoms with Crippen molar-refractivity contribution in [2.24, 2.45) is 22.9 Å². The number of halogens is 2. The van der Waals surface area contributed by atoms with Gasteiger partial charge in [0.1, 0.15) is 5.69 Å². The molecule has 2 unspecified atom stereocenters. The van der Waals surface area contributed by atoms with Crippen molar-refractivity contribution in [2.45, 2.75) is 24.2 Å². The number of sulfonamides is 1. The summed E-state index contributed by atoms with van der Waals surface area (Å²) in [6, 6.07) is 1.20. The number of fused-ring (bicyclic) bond motifs is 1. The van der Waals surface area contributed by atoms with Crippen LogP contribution in [0.4, 0.5) is 14.5 Å². The van der Waals surface area contributed by atoms with Crippen LogP contribution in [0.1, 0.15) is 19.3 Å². The van der Waals surface area contributed by atoms with Gasteiger partial charge in [-0.2, -0.15) is 0 Å². The van der Waals surface area contributed by atoms with E-state index >= 15 is 0 Å². The van der Waals surface area contributed by atoms with E-state index < -0.39 is 38.1 Å². The van der Waals surface area contributed by atoms with Crippen molar-refractivity contribution >= 4 is 21.6 Å². The van der Waals surface area contributed by atoms with Crippen LogP contribution in [0.2, 0.25) is 0 Å². The molecule has 0 heterocycles. The zero-order valence-electron chi connectivity index (χ0n) is 11.0. The second-order valence-corrected chi connectivity index (χ2v) is 7.14. The molecule has 114 valence electrons. The third-order valence-electron chi connectivity index (χ3n) is 4.30. The molecule has 0 saturated heterocycles. The highest BCUT2D eigenvalue weighted by molar-refractivity contribution is 7.89. The standard InChI is InChI=1S/C13H14F2N2O3S/c14-9-4-6(21(16,19)20)5-10(15)12(9)17-13(18)11-7-2-1-3-8(7)11/h4-5,7-8,11H,1-3H2,(H,17,18)(H2,16,19,20). The SMILES string of the molecule is NS(=O)(=O)c1cc(F)c(NC(=O)C2C3CCCC32)c(F)c1. The molecular weight excluding hydrogens is 302 g/mol. The van der Waals surface area contributed by atoms with E-state index in [-0.39, 0.29) is 5.92 Å². The van der Waals surface area contributed by atoms with Gasteiger partial charge in [-0.05, 0) is 36.8 Å². The van der Waals surface area contributed by atoms with Gasteiger partial charge in [-0.15, -0.1) is 0 Å². The summed E-state index contributed by atoms with van der Waals surface area (Å²) in [5, 5.41) is 7.04. The van der Waals surface area contributed by atoms with Crippen molar-refractivity contribution in [3.05, 3.63) is 23.8 Å². The molecule has 1 aromatic carbocycles. The van der Waals surface area contributed by atoms with Gasteiger partial charge in [0.25, 0.3) is 0 Å². The van der Waals surface area contributed by atoms with Gasteiger partial charge in [0.15, 0.2) is 11.6 Å². The number of nitrogens with one attached hydrogen (secondary N) is 1. The van der Waals surface area contributed by atoms with E-state index in [9.17, 15) is 22.0 Å². The Balaban J connectivity index is 1.81. The molecule has 3 rings (SSSR count). The summed E-state index contributed by atoms with van der Waals surface area (Å²) >= 11 is 0. The summed E-state index contributed by atoms with van der Waals surface area (Å²) in [6.07, 6.45) is 3.03. The molecule has 2 atom stereocenters. The Morgan fingerprint density at radius 2 is 1.71 bits per heavy atom. The van der Waals surface area contributed by atoms with Gasteiger partial charge in [0, 0.05) is 5.92 Å². The molecule has 8 heteroatoms. The van der Waals surface area contributed by atoms with E-state index in [1.165, 1.54) is 0 Å². The van der Waals surface area contributed by atoms with Crippen LogP contribution in [0.25, 0.3) is 0 Å². The fourth-order valence-corrected chi connectivity index (χ4v) is 3.79. The lowest BCUT2D eigenvalue weighted by Gasteiger charge is -2.10. The molecule has 2 saturated carbocycles. The van der Waals surface area contributed by atoms with Crippen LogP contribution < -0.4 is 10.5 Å². The summed E-state index contributed by atoms with van der Waals surface area (Å²) in [5.74, 6) is -2.27. The largest absolute Gasteiger partial charge is 0.321 e. The van der Waals surface area contributed by atoms with Gasteiger partial charge < -0.3 is 5.32 Å². The Bertz CT molecular complexity index is 687. The van der Waals surface area contributed by atoms with Crippen LogP contribution in [-0.4, -0.2) is 14.3 Å². The second-order valence-electron chi connectivity index (χ2n) is 5.58. The topological polar surface area (TPSA) is 89.3 Å². The maximum atomic E-state index is 13.8. The predicted molar refractivity (Wildman–Crippen MR) is 70.7 cm³/mol. The predicted octanol–water partition coefficient (Wildman–Crippen LogP) is 1.60. The monoisotopic (exact) mass is 316 g/mol. The molecule has 2 aliphatic rings. The fourth-order valence-electron chi connectivity index (χ4n) is 3.25. The average Bonchev–Trinajstić information content (AvgIpc) is 2.86. The van der Waals surface area contributed by atoms with Crippen LogP contribution in [0, 0.1) is 29.4 Å². The first-order valence-corrected chi connectivity index (χ1v) is 8.16. The molecule has 3 N–H and O–H groups in total. The third-order valence-corrected chi connectivity index (χ3v) is 5.19. The number of benzene rings is 1. The summed E-state index contributed by atoms with van der Waals surface area (Å²) in [7, 11) is -4.20. The molecule has 2 aliphatic carbocycles.